The first kappa shape index (κ1) is 19.5. The van der Waals surface area contributed by atoms with E-state index in [1.807, 2.05) is 18.7 Å². The Morgan fingerprint density at radius 3 is 2.44 bits per heavy atom. The quantitative estimate of drug-likeness (QED) is 0.801. The maximum atomic E-state index is 13.0. The van der Waals surface area contributed by atoms with Crippen LogP contribution in [0.1, 0.15) is 31.2 Å². The molecule has 2 saturated heterocycles. The number of piperazine rings is 1. The van der Waals surface area contributed by atoms with Crippen molar-refractivity contribution in [1.29, 1.82) is 0 Å². The largest absolute Gasteiger partial charge is 0.352 e. The average Bonchev–Trinajstić information content (AvgIpc) is 2.85. The van der Waals surface area contributed by atoms with E-state index >= 15 is 0 Å². The van der Waals surface area contributed by atoms with Crippen LogP contribution in [0.3, 0.4) is 0 Å². The molecule has 2 atom stereocenters. The number of amides is 2. The zero-order valence-corrected chi connectivity index (χ0v) is 16.5. The summed E-state index contributed by atoms with van der Waals surface area (Å²) >= 11 is 0. The molecule has 1 aromatic heterocycles. The number of anilines is 1. The number of hydrogen-bond donors (Lipinski definition) is 1. The van der Waals surface area contributed by atoms with E-state index in [9.17, 15) is 9.59 Å². The number of rotatable bonds is 2. The van der Waals surface area contributed by atoms with Crippen LogP contribution in [-0.2, 0) is 9.59 Å². The fourth-order valence-corrected chi connectivity index (χ4v) is 3.90. The van der Waals surface area contributed by atoms with Gasteiger partial charge in [-0.15, -0.1) is 0 Å². The molecule has 0 saturated carbocycles. The molecule has 8 nitrogen and oxygen atoms in total. The molecule has 3 heterocycles. The van der Waals surface area contributed by atoms with Crippen molar-refractivity contribution in [2.24, 2.45) is 11.7 Å². The van der Waals surface area contributed by atoms with Crippen molar-refractivity contribution in [2.75, 3.05) is 44.2 Å². The van der Waals surface area contributed by atoms with Crippen LogP contribution in [0, 0.1) is 19.8 Å². The van der Waals surface area contributed by atoms with Crippen LogP contribution in [-0.4, -0.2) is 76.9 Å². The number of carbonyl (C=O) groups is 2. The van der Waals surface area contributed by atoms with Gasteiger partial charge in [-0.05, 0) is 26.7 Å². The summed E-state index contributed by atoms with van der Waals surface area (Å²) in [6, 6.07) is -0.0496. The summed E-state index contributed by atoms with van der Waals surface area (Å²) in [5, 5.41) is 0. The summed E-state index contributed by atoms with van der Waals surface area (Å²) in [6.07, 6.45) is 3.29. The molecule has 27 heavy (non-hydrogen) atoms. The van der Waals surface area contributed by atoms with Crippen molar-refractivity contribution in [3.8, 4) is 0 Å². The van der Waals surface area contributed by atoms with E-state index in [0.29, 0.717) is 26.2 Å². The molecule has 0 aromatic carbocycles. The third-order valence-corrected chi connectivity index (χ3v) is 5.52. The maximum Gasteiger partial charge on any atom is 0.227 e. The number of hydrogen-bond acceptors (Lipinski definition) is 6. The van der Waals surface area contributed by atoms with E-state index < -0.39 is 0 Å². The fourth-order valence-electron chi connectivity index (χ4n) is 3.90. The highest BCUT2D eigenvalue weighted by atomic mass is 16.2. The standard InChI is InChI=1S/C19H30N6O2/c1-13-10-21-14(2)18(22-13)23-6-8-24(9-7-23)19(27)16-4-5-17(20)12-25(11-16)15(3)26/h10,16-17H,4-9,11-12,20H2,1-3H3/t16-,17+/m1/s1. The Hall–Kier alpha value is -2.22. The number of nitrogens with zero attached hydrogens (tertiary/aromatic N) is 5. The Morgan fingerprint density at radius 2 is 1.78 bits per heavy atom. The molecule has 2 fully saturated rings. The van der Waals surface area contributed by atoms with Gasteiger partial charge in [-0.1, -0.05) is 0 Å². The molecule has 2 aliphatic heterocycles. The normalized spacial score (nSPS) is 23.9. The second-order valence-corrected chi connectivity index (χ2v) is 7.69. The Balaban J connectivity index is 1.62. The summed E-state index contributed by atoms with van der Waals surface area (Å²) in [5.74, 6) is 0.880. The molecule has 8 heteroatoms. The number of carbonyl (C=O) groups excluding carboxylic acids is 2. The Bertz CT molecular complexity index is 701. The van der Waals surface area contributed by atoms with Gasteiger partial charge in [0.15, 0.2) is 0 Å². The molecule has 0 radical (unpaired) electrons. The Kier molecular flexibility index (Phi) is 5.94. The van der Waals surface area contributed by atoms with Crippen molar-refractivity contribution in [3.05, 3.63) is 17.6 Å². The lowest BCUT2D eigenvalue weighted by Crippen LogP contribution is -2.52. The van der Waals surface area contributed by atoms with Gasteiger partial charge in [0, 0.05) is 58.4 Å². The highest BCUT2D eigenvalue weighted by molar-refractivity contribution is 5.81. The van der Waals surface area contributed by atoms with Crippen LogP contribution in [0.5, 0.6) is 0 Å². The van der Waals surface area contributed by atoms with Gasteiger partial charge in [0.1, 0.15) is 5.82 Å². The van der Waals surface area contributed by atoms with E-state index in [-0.39, 0.29) is 23.8 Å². The third-order valence-electron chi connectivity index (χ3n) is 5.52. The van der Waals surface area contributed by atoms with Gasteiger partial charge in [-0.25, -0.2) is 4.98 Å². The maximum absolute atomic E-state index is 13.0. The van der Waals surface area contributed by atoms with Crippen LogP contribution >= 0.6 is 0 Å². The number of aryl methyl sites for hydroxylation is 2. The summed E-state index contributed by atoms with van der Waals surface area (Å²) < 4.78 is 0. The van der Waals surface area contributed by atoms with E-state index in [2.05, 4.69) is 14.9 Å². The minimum absolute atomic E-state index is 0.0107. The highest BCUT2D eigenvalue weighted by Crippen LogP contribution is 2.22. The van der Waals surface area contributed by atoms with Crippen LogP contribution in [0.25, 0.3) is 0 Å². The SMILES string of the molecule is CC(=O)N1C[C@@H](N)CC[C@@H](C(=O)N2CCN(c3nc(C)cnc3C)CC2)C1. The lowest BCUT2D eigenvalue weighted by Gasteiger charge is -2.37. The van der Waals surface area contributed by atoms with Gasteiger partial charge >= 0.3 is 0 Å². The van der Waals surface area contributed by atoms with Gasteiger partial charge in [0.2, 0.25) is 11.8 Å². The summed E-state index contributed by atoms with van der Waals surface area (Å²) in [4.78, 5) is 39.7. The molecular weight excluding hydrogens is 344 g/mol. The zero-order valence-electron chi connectivity index (χ0n) is 16.5. The van der Waals surface area contributed by atoms with Gasteiger partial charge in [-0.2, -0.15) is 0 Å². The molecule has 2 amide bonds. The first-order valence-electron chi connectivity index (χ1n) is 9.70. The Labute approximate surface area is 160 Å². The molecule has 148 valence electrons. The molecule has 0 aliphatic carbocycles. The van der Waals surface area contributed by atoms with Crippen LogP contribution in [0.15, 0.2) is 6.20 Å². The van der Waals surface area contributed by atoms with Crippen molar-refractivity contribution in [2.45, 2.75) is 39.7 Å². The lowest BCUT2D eigenvalue weighted by molar-refractivity contribution is -0.138. The van der Waals surface area contributed by atoms with E-state index in [0.717, 1.165) is 43.1 Å². The van der Waals surface area contributed by atoms with Crippen molar-refractivity contribution >= 4 is 17.6 Å². The molecule has 0 bridgehead atoms. The second kappa shape index (κ2) is 8.21. The van der Waals surface area contributed by atoms with Gasteiger partial charge in [0.05, 0.1) is 17.3 Å². The number of nitrogens with two attached hydrogens (primary N) is 1. The predicted octanol–water partition coefficient (Wildman–Crippen LogP) is 0.328. The number of aromatic nitrogens is 2. The average molecular weight is 374 g/mol. The van der Waals surface area contributed by atoms with Crippen molar-refractivity contribution < 1.29 is 9.59 Å². The zero-order chi connectivity index (χ0) is 19.6. The van der Waals surface area contributed by atoms with Crippen LogP contribution in [0.2, 0.25) is 0 Å². The van der Waals surface area contributed by atoms with E-state index in [1.165, 1.54) is 0 Å². The van der Waals surface area contributed by atoms with E-state index in [1.54, 1.807) is 18.0 Å². The van der Waals surface area contributed by atoms with Crippen molar-refractivity contribution in [1.82, 2.24) is 19.8 Å². The van der Waals surface area contributed by atoms with Gasteiger partial charge < -0.3 is 20.4 Å². The van der Waals surface area contributed by atoms with E-state index in [4.69, 9.17) is 5.73 Å². The van der Waals surface area contributed by atoms with Gasteiger partial charge in [0.25, 0.3) is 0 Å². The summed E-state index contributed by atoms with van der Waals surface area (Å²) in [6.45, 7) is 9.28. The lowest BCUT2D eigenvalue weighted by atomic mass is 10.00. The van der Waals surface area contributed by atoms with Crippen LogP contribution in [0.4, 0.5) is 5.82 Å². The molecule has 2 N–H and O–H groups in total. The molecular formula is C19H30N6O2. The predicted molar refractivity (Wildman–Crippen MR) is 103 cm³/mol. The Morgan fingerprint density at radius 1 is 1.07 bits per heavy atom. The van der Waals surface area contributed by atoms with Crippen LogP contribution < -0.4 is 10.6 Å². The minimum atomic E-state index is -0.158. The topological polar surface area (TPSA) is 95.7 Å². The molecule has 0 spiro atoms. The van der Waals surface area contributed by atoms with Gasteiger partial charge in [-0.3, -0.25) is 14.6 Å². The van der Waals surface area contributed by atoms with Crippen molar-refractivity contribution in [3.63, 3.8) is 0 Å². The molecule has 1 aromatic rings. The second-order valence-electron chi connectivity index (χ2n) is 7.69. The fraction of sp³-hybridized carbons (Fsp3) is 0.684. The molecule has 2 aliphatic rings. The first-order chi connectivity index (χ1) is 12.8. The number of likely N-dealkylation sites (tertiary alicyclic amines) is 1. The monoisotopic (exact) mass is 374 g/mol. The highest BCUT2D eigenvalue weighted by Gasteiger charge is 2.32. The third kappa shape index (κ3) is 4.55. The minimum Gasteiger partial charge on any atom is -0.352 e. The summed E-state index contributed by atoms with van der Waals surface area (Å²) in [5.41, 5.74) is 7.88. The molecule has 3 rings (SSSR count). The molecule has 0 unspecified atom stereocenters. The first-order valence-corrected chi connectivity index (χ1v) is 9.70. The smallest absolute Gasteiger partial charge is 0.227 e. The summed E-state index contributed by atoms with van der Waals surface area (Å²) in [7, 11) is 0.